The number of hydrogen-bond acceptors (Lipinski definition) is 7. The number of carbonyl (C=O) groups is 2. The van der Waals surface area contributed by atoms with Crippen LogP contribution in [0.5, 0.6) is 5.75 Å². The van der Waals surface area contributed by atoms with Crippen molar-refractivity contribution in [3.05, 3.63) is 53.6 Å². The standard InChI is InChI=1S/C31H45N5O4/c1-4-5-17-35(18-7-6-16-34(2)3)29(37)22-36-21-25(23-9-11-27-24(20-23)13-19-40-27)30(31(38)39)26(36)10-12-28-32-14-8-15-33-28/h8-9,11,14-15,20,25-26,30H,4-7,10,12-13,16-19,21-22H2,1-3H3,(H,38,39)/t25-,26+,30-/m1/s1. The quantitative estimate of drug-likeness (QED) is 0.336. The molecule has 0 saturated carbocycles. The van der Waals surface area contributed by atoms with E-state index in [4.69, 9.17) is 4.74 Å². The minimum atomic E-state index is -0.817. The number of nitrogens with zero attached hydrogens (tertiary/aromatic N) is 5. The van der Waals surface area contributed by atoms with E-state index in [1.165, 1.54) is 0 Å². The van der Waals surface area contributed by atoms with Crippen LogP contribution in [0.25, 0.3) is 0 Å². The van der Waals surface area contributed by atoms with Gasteiger partial charge in [0.15, 0.2) is 0 Å². The van der Waals surface area contributed by atoms with E-state index in [9.17, 15) is 14.7 Å². The molecule has 0 spiro atoms. The number of fused-ring (bicyclic) bond motifs is 1. The van der Waals surface area contributed by atoms with Gasteiger partial charge in [0.1, 0.15) is 11.6 Å². The van der Waals surface area contributed by atoms with Crippen LogP contribution >= 0.6 is 0 Å². The molecule has 40 heavy (non-hydrogen) atoms. The summed E-state index contributed by atoms with van der Waals surface area (Å²) in [4.78, 5) is 41.5. The number of aromatic nitrogens is 2. The van der Waals surface area contributed by atoms with Crippen molar-refractivity contribution in [1.82, 2.24) is 24.7 Å². The van der Waals surface area contributed by atoms with Crippen LogP contribution in [-0.4, -0.2) is 101 Å². The van der Waals surface area contributed by atoms with Crippen LogP contribution in [-0.2, 0) is 22.4 Å². The molecule has 0 aliphatic carbocycles. The number of aliphatic carboxylic acids is 1. The lowest BCUT2D eigenvalue weighted by atomic mass is 9.83. The Morgan fingerprint density at radius 2 is 1.85 bits per heavy atom. The first-order valence-corrected chi connectivity index (χ1v) is 14.8. The Morgan fingerprint density at radius 1 is 1.10 bits per heavy atom. The summed E-state index contributed by atoms with van der Waals surface area (Å²) in [7, 11) is 4.13. The number of carbonyl (C=O) groups excluding carboxylic acids is 1. The molecular formula is C31H45N5O4. The molecule has 2 aliphatic rings. The Kier molecular flexibility index (Phi) is 10.9. The minimum Gasteiger partial charge on any atom is -0.493 e. The fourth-order valence-electron chi connectivity index (χ4n) is 6.08. The van der Waals surface area contributed by atoms with Gasteiger partial charge in [-0.2, -0.15) is 0 Å². The van der Waals surface area contributed by atoms with Crippen LogP contribution in [0.2, 0.25) is 0 Å². The van der Waals surface area contributed by atoms with Crippen molar-refractivity contribution in [1.29, 1.82) is 0 Å². The Bertz CT molecular complexity index is 1110. The second-order valence-corrected chi connectivity index (χ2v) is 11.4. The number of amides is 1. The van der Waals surface area contributed by atoms with E-state index >= 15 is 0 Å². The summed E-state index contributed by atoms with van der Waals surface area (Å²) < 4.78 is 5.69. The SMILES string of the molecule is CCCCN(CCCCN(C)C)C(=O)CN1C[C@H](c2ccc3c(c2)CCO3)[C@@H](C(=O)O)[C@@H]1CCc1ncccn1. The molecule has 2 aromatic rings. The number of carboxylic acid groups (broad SMARTS) is 1. The molecule has 218 valence electrons. The molecule has 1 aromatic heterocycles. The van der Waals surface area contributed by atoms with E-state index in [2.05, 4.69) is 46.9 Å². The maximum Gasteiger partial charge on any atom is 0.308 e. The number of ether oxygens (including phenoxy) is 1. The van der Waals surface area contributed by atoms with E-state index in [0.717, 1.165) is 68.6 Å². The zero-order valence-electron chi connectivity index (χ0n) is 24.3. The Labute approximate surface area is 238 Å². The Morgan fingerprint density at radius 3 is 2.58 bits per heavy atom. The zero-order chi connectivity index (χ0) is 28.5. The first kappa shape index (κ1) is 29.9. The van der Waals surface area contributed by atoms with Gasteiger partial charge in [0, 0.05) is 56.8 Å². The minimum absolute atomic E-state index is 0.0893. The second-order valence-electron chi connectivity index (χ2n) is 11.4. The molecule has 0 bridgehead atoms. The highest BCUT2D eigenvalue weighted by atomic mass is 16.5. The summed E-state index contributed by atoms with van der Waals surface area (Å²) in [5.41, 5.74) is 2.15. The predicted octanol–water partition coefficient (Wildman–Crippen LogP) is 3.48. The molecule has 9 heteroatoms. The molecule has 1 fully saturated rings. The van der Waals surface area contributed by atoms with E-state index in [1.807, 2.05) is 17.0 Å². The van der Waals surface area contributed by atoms with Gasteiger partial charge in [0.2, 0.25) is 5.91 Å². The van der Waals surface area contributed by atoms with Crippen molar-refractivity contribution in [2.24, 2.45) is 5.92 Å². The van der Waals surface area contributed by atoms with Crippen molar-refractivity contribution in [3.63, 3.8) is 0 Å². The van der Waals surface area contributed by atoms with Crippen LogP contribution in [0.1, 0.15) is 61.9 Å². The van der Waals surface area contributed by atoms with Crippen molar-refractivity contribution in [3.8, 4) is 5.75 Å². The number of benzene rings is 1. The average Bonchev–Trinajstić information content (AvgIpc) is 3.56. The Hall–Kier alpha value is -3.04. The van der Waals surface area contributed by atoms with Crippen LogP contribution in [0, 0.1) is 5.92 Å². The summed E-state index contributed by atoms with van der Waals surface area (Å²) in [6.45, 7) is 6.04. The number of unbranched alkanes of at least 4 members (excludes halogenated alkanes) is 2. The first-order chi connectivity index (χ1) is 19.4. The molecule has 1 aromatic carbocycles. The average molecular weight is 552 g/mol. The van der Waals surface area contributed by atoms with Crippen LogP contribution in [0.15, 0.2) is 36.7 Å². The molecular weight excluding hydrogens is 506 g/mol. The highest BCUT2D eigenvalue weighted by Gasteiger charge is 2.47. The lowest BCUT2D eigenvalue weighted by molar-refractivity contribution is -0.143. The van der Waals surface area contributed by atoms with Crippen LogP contribution in [0.3, 0.4) is 0 Å². The van der Waals surface area contributed by atoms with Crippen molar-refractivity contribution >= 4 is 11.9 Å². The van der Waals surface area contributed by atoms with E-state index < -0.39 is 11.9 Å². The van der Waals surface area contributed by atoms with Crippen molar-refractivity contribution in [2.45, 2.75) is 63.8 Å². The molecule has 3 heterocycles. The number of carboxylic acids is 1. The zero-order valence-corrected chi connectivity index (χ0v) is 24.3. The molecule has 1 saturated heterocycles. The lowest BCUT2D eigenvalue weighted by Gasteiger charge is -2.30. The van der Waals surface area contributed by atoms with Crippen molar-refractivity contribution in [2.75, 3.05) is 53.4 Å². The van der Waals surface area contributed by atoms with E-state index in [-0.39, 0.29) is 24.4 Å². The van der Waals surface area contributed by atoms with Gasteiger partial charge in [-0.1, -0.05) is 25.5 Å². The van der Waals surface area contributed by atoms with Gasteiger partial charge in [-0.25, -0.2) is 9.97 Å². The molecule has 1 N–H and O–H groups in total. The fraction of sp³-hybridized carbons (Fsp3) is 0.613. The maximum absolute atomic E-state index is 13.7. The van der Waals surface area contributed by atoms with Gasteiger partial charge < -0.3 is 19.6 Å². The topological polar surface area (TPSA) is 99.1 Å². The van der Waals surface area contributed by atoms with Crippen molar-refractivity contribution < 1.29 is 19.4 Å². The molecule has 3 atom stereocenters. The molecule has 4 rings (SSSR count). The van der Waals surface area contributed by atoms with Gasteiger partial charge in [-0.15, -0.1) is 0 Å². The third kappa shape index (κ3) is 7.79. The fourth-order valence-corrected chi connectivity index (χ4v) is 6.08. The maximum atomic E-state index is 13.7. The Balaban J connectivity index is 1.54. The third-order valence-corrected chi connectivity index (χ3v) is 8.21. The first-order valence-electron chi connectivity index (χ1n) is 14.8. The largest absolute Gasteiger partial charge is 0.493 e. The summed E-state index contributed by atoms with van der Waals surface area (Å²) in [6.07, 6.45) is 9.39. The normalized spacial score (nSPS) is 20.4. The van der Waals surface area contributed by atoms with Gasteiger partial charge in [0.05, 0.1) is 19.1 Å². The highest BCUT2D eigenvalue weighted by Crippen LogP contribution is 2.41. The molecule has 9 nitrogen and oxygen atoms in total. The lowest BCUT2D eigenvalue weighted by Crippen LogP contribution is -2.45. The van der Waals surface area contributed by atoms with Gasteiger partial charge in [0.25, 0.3) is 0 Å². The summed E-state index contributed by atoms with van der Waals surface area (Å²) in [5, 5.41) is 10.5. The van der Waals surface area contributed by atoms with Crippen LogP contribution in [0.4, 0.5) is 0 Å². The number of rotatable bonds is 15. The third-order valence-electron chi connectivity index (χ3n) is 8.21. The highest BCUT2D eigenvalue weighted by molar-refractivity contribution is 5.79. The van der Waals surface area contributed by atoms with E-state index in [1.54, 1.807) is 18.5 Å². The second kappa shape index (κ2) is 14.6. The summed E-state index contributed by atoms with van der Waals surface area (Å²) in [5.74, 6) is 0.0255. The van der Waals surface area contributed by atoms with Crippen LogP contribution < -0.4 is 4.74 Å². The molecule has 1 amide bonds. The molecule has 2 aliphatic heterocycles. The van der Waals surface area contributed by atoms with Gasteiger partial charge in [-0.3, -0.25) is 14.5 Å². The summed E-state index contributed by atoms with van der Waals surface area (Å²) in [6, 6.07) is 7.58. The smallest absolute Gasteiger partial charge is 0.308 e. The van der Waals surface area contributed by atoms with Gasteiger partial charge >= 0.3 is 5.97 Å². The number of hydrogen-bond donors (Lipinski definition) is 1. The monoisotopic (exact) mass is 551 g/mol. The number of likely N-dealkylation sites (tertiary alicyclic amines) is 1. The molecule has 0 unspecified atom stereocenters. The number of aryl methyl sites for hydroxylation is 1. The van der Waals surface area contributed by atoms with Gasteiger partial charge in [-0.05, 0) is 69.6 Å². The predicted molar refractivity (Wildman–Crippen MR) is 154 cm³/mol. The van der Waals surface area contributed by atoms with E-state index in [0.29, 0.717) is 31.8 Å². The summed E-state index contributed by atoms with van der Waals surface area (Å²) >= 11 is 0. The molecule has 0 radical (unpaired) electrons.